The van der Waals surface area contributed by atoms with E-state index >= 15 is 0 Å². The maximum atomic E-state index is 6.16. The van der Waals surface area contributed by atoms with Gasteiger partial charge in [-0.1, -0.05) is 5.16 Å². The van der Waals surface area contributed by atoms with Crippen LogP contribution in [0.1, 0.15) is 32.3 Å². The lowest BCUT2D eigenvalue weighted by Gasteiger charge is -2.19. The van der Waals surface area contributed by atoms with Crippen molar-refractivity contribution in [3.63, 3.8) is 0 Å². The van der Waals surface area contributed by atoms with Crippen molar-refractivity contribution in [3.8, 4) is 11.6 Å². The van der Waals surface area contributed by atoms with Crippen LogP contribution in [0.4, 0.5) is 0 Å². The number of nitrogens with two attached hydrogens (primary N) is 1. The van der Waals surface area contributed by atoms with Gasteiger partial charge in [0.15, 0.2) is 5.82 Å². The van der Waals surface area contributed by atoms with Crippen molar-refractivity contribution in [2.45, 2.75) is 39.8 Å². The fourth-order valence-electron chi connectivity index (χ4n) is 1.90. The van der Waals surface area contributed by atoms with Crippen molar-refractivity contribution in [2.24, 2.45) is 5.73 Å². The molecule has 2 N–H and O–H groups in total. The topological polar surface area (TPSA) is 92.0 Å². The van der Waals surface area contributed by atoms with E-state index in [2.05, 4.69) is 15.2 Å². The molecule has 20 heavy (non-hydrogen) atoms. The summed E-state index contributed by atoms with van der Waals surface area (Å²) in [5.41, 5.74) is 7.10. The molecule has 0 saturated carbocycles. The minimum atomic E-state index is -0.774. The van der Waals surface area contributed by atoms with Crippen molar-refractivity contribution in [3.05, 3.63) is 17.6 Å². The van der Waals surface area contributed by atoms with Gasteiger partial charge in [-0.2, -0.15) is 10.1 Å². The molecule has 0 bridgehead atoms. The fraction of sp³-hybridized carbons (Fsp3) is 0.615. The molecule has 0 saturated heterocycles. The van der Waals surface area contributed by atoms with E-state index < -0.39 is 5.54 Å². The van der Waals surface area contributed by atoms with Crippen LogP contribution >= 0.6 is 0 Å². The predicted octanol–water partition coefficient (Wildman–Crippen LogP) is 1.47. The van der Waals surface area contributed by atoms with Crippen LogP contribution in [0.15, 0.2) is 10.6 Å². The second-order valence-electron chi connectivity index (χ2n) is 4.96. The number of rotatable bonds is 6. The Kier molecular flexibility index (Phi) is 4.20. The van der Waals surface area contributed by atoms with E-state index in [-0.39, 0.29) is 0 Å². The highest BCUT2D eigenvalue weighted by atomic mass is 16.5. The SMILES string of the molecule is CCOCC(C)(N)c1noc(-c2cc(C)nn2CC)n1. The van der Waals surface area contributed by atoms with Gasteiger partial charge in [0, 0.05) is 13.2 Å². The molecule has 2 rings (SSSR count). The Morgan fingerprint density at radius 3 is 2.85 bits per heavy atom. The molecule has 0 aliphatic carbocycles. The third-order valence-electron chi connectivity index (χ3n) is 2.96. The number of nitrogens with zero attached hydrogens (tertiary/aromatic N) is 4. The van der Waals surface area contributed by atoms with Crippen LogP contribution in [0.2, 0.25) is 0 Å². The third-order valence-corrected chi connectivity index (χ3v) is 2.96. The van der Waals surface area contributed by atoms with E-state index in [9.17, 15) is 0 Å². The molecule has 0 aliphatic rings. The molecule has 0 spiro atoms. The minimum absolute atomic E-state index is 0.342. The summed E-state index contributed by atoms with van der Waals surface area (Å²) in [5.74, 6) is 0.859. The Morgan fingerprint density at radius 2 is 2.20 bits per heavy atom. The quantitative estimate of drug-likeness (QED) is 0.861. The van der Waals surface area contributed by atoms with E-state index in [4.69, 9.17) is 15.0 Å². The Hall–Kier alpha value is -1.73. The third kappa shape index (κ3) is 2.88. The molecule has 1 atom stereocenters. The van der Waals surface area contributed by atoms with Crippen LogP contribution in [0.5, 0.6) is 0 Å². The van der Waals surface area contributed by atoms with Crippen LogP contribution in [-0.2, 0) is 16.8 Å². The smallest absolute Gasteiger partial charge is 0.276 e. The second kappa shape index (κ2) is 5.72. The van der Waals surface area contributed by atoms with Crippen molar-refractivity contribution in [2.75, 3.05) is 13.2 Å². The first kappa shape index (κ1) is 14.7. The molecular formula is C13H21N5O2. The second-order valence-corrected chi connectivity index (χ2v) is 4.96. The summed E-state index contributed by atoms with van der Waals surface area (Å²) in [7, 11) is 0. The van der Waals surface area contributed by atoms with Gasteiger partial charge in [-0.25, -0.2) is 0 Å². The van der Waals surface area contributed by atoms with Crippen LogP contribution in [0, 0.1) is 6.92 Å². The van der Waals surface area contributed by atoms with Crippen molar-refractivity contribution < 1.29 is 9.26 Å². The number of aromatic nitrogens is 4. The molecule has 7 nitrogen and oxygen atoms in total. The summed E-state index contributed by atoms with van der Waals surface area (Å²) < 4.78 is 12.5. The van der Waals surface area contributed by atoms with E-state index in [1.54, 1.807) is 0 Å². The molecular weight excluding hydrogens is 258 g/mol. The summed E-state index contributed by atoms with van der Waals surface area (Å²) in [6.45, 7) is 9.35. The Morgan fingerprint density at radius 1 is 1.45 bits per heavy atom. The first-order valence-electron chi connectivity index (χ1n) is 6.73. The van der Waals surface area contributed by atoms with Crippen LogP contribution in [-0.4, -0.2) is 33.1 Å². The molecule has 110 valence electrons. The summed E-state index contributed by atoms with van der Waals surface area (Å²) in [4.78, 5) is 4.38. The molecule has 2 heterocycles. The number of aryl methyl sites for hydroxylation is 2. The van der Waals surface area contributed by atoms with Gasteiger partial charge in [-0.05, 0) is 33.8 Å². The van der Waals surface area contributed by atoms with Gasteiger partial charge in [0.2, 0.25) is 0 Å². The Balaban J connectivity index is 2.28. The van der Waals surface area contributed by atoms with Gasteiger partial charge in [0.1, 0.15) is 11.2 Å². The largest absolute Gasteiger partial charge is 0.379 e. The number of hydrogen-bond donors (Lipinski definition) is 1. The molecule has 0 aromatic carbocycles. The van der Waals surface area contributed by atoms with E-state index in [1.165, 1.54) is 0 Å². The Labute approximate surface area is 118 Å². The fourth-order valence-corrected chi connectivity index (χ4v) is 1.90. The molecule has 0 radical (unpaired) electrons. The molecule has 0 fully saturated rings. The highest BCUT2D eigenvalue weighted by Crippen LogP contribution is 2.22. The molecule has 0 amide bonds. The van der Waals surface area contributed by atoms with Gasteiger partial charge >= 0.3 is 0 Å². The highest BCUT2D eigenvalue weighted by Gasteiger charge is 2.28. The zero-order valence-corrected chi connectivity index (χ0v) is 12.4. The van der Waals surface area contributed by atoms with Gasteiger partial charge in [-0.3, -0.25) is 4.68 Å². The zero-order valence-electron chi connectivity index (χ0n) is 12.4. The minimum Gasteiger partial charge on any atom is -0.379 e. The van der Waals surface area contributed by atoms with Gasteiger partial charge in [0.25, 0.3) is 5.89 Å². The molecule has 7 heteroatoms. The van der Waals surface area contributed by atoms with Gasteiger partial charge < -0.3 is 15.0 Å². The van der Waals surface area contributed by atoms with Crippen molar-refractivity contribution >= 4 is 0 Å². The molecule has 2 aromatic rings. The summed E-state index contributed by atoms with van der Waals surface area (Å²) in [6, 6.07) is 1.91. The zero-order chi connectivity index (χ0) is 14.8. The van der Waals surface area contributed by atoms with Crippen LogP contribution < -0.4 is 5.73 Å². The van der Waals surface area contributed by atoms with E-state index in [0.29, 0.717) is 24.9 Å². The summed E-state index contributed by atoms with van der Waals surface area (Å²) in [5, 5.41) is 8.33. The maximum absolute atomic E-state index is 6.16. The van der Waals surface area contributed by atoms with E-state index in [0.717, 1.165) is 17.9 Å². The predicted molar refractivity (Wildman–Crippen MR) is 74.0 cm³/mol. The average Bonchev–Trinajstić information content (AvgIpc) is 3.02. The number of hydrogen-bond acceptors (Lipinski definition) is 6. The summed E-state index contributed by atoms with van der Waals surface area (Å²) in [6.07, 6.45) is 0. The average molecular weight is 279 g/mol. The first-order valence-corrected chi connectivity index (χ1v) is 6.73. The van der Waals surface area contributed by atoms with Gasteiger partial charge in [-0.15, -0.1) is 0 Å². The lowest BCUT2D eigenvalue weighted by Crippen LogP contribution is -2.39. The highest BCUT2D eigenvalue weighted by molar-refractivity contribution is 5.48. The normalized spacial score (nSPS) is 14.4. The standard InChI is InChI=1S/C13H21N5O2/c1-5-18-10(7-9(3)16-18)11-15-12(17-20-11)13(4,14)8-19-6-2/h7H,5-6,8,14H2,1-4H3. The molecule has 1 unspecified atom stereocenters. The maximum Gasteiger partial charge on any atom is 0.276 e. The molecule has 2 aromatic heterocycles. The first-order chi connectivity index (χ1) is 9.47. The van der Waals surface area contributed by atoms with Gasteiger partial charge in [0.05, 0.1) is 12.3 Å². The van der Waals surface area contributed by atoms with Crippen molar-refractivity contribution in [1.82, 2.24) is 19.9 Å². The monoisotopic (exact) mass is 279 g/mol. The van der Waals surface area contributed by atoms with E-state index in [1.807, 2.05) is 38.4 Å². The van der Waals surface area contributed by atoms with Crippen LogP contribution in [0.3, 0.4) is 0 Å². The number of ether oxygens (including phenoxy) is 1. The lowest BCUT2D eigenvalue weighted by atomic mass is 10.1. The van der Waals surface area contributed by atoms with Crippen molar-refractivity contribution in [1.29, 1.82) is 0 Å². The summed E-state index contributed by atoms with van der Waals surface area (Å²) >= 11 is 0. The molecule has 0 aliphatic heterocycles. The lowest BCUT2D eigenvalue weighted by molar-refractivity contribution is 0.0962. The van der Waals surface area contributed by atoms with Crippen LogP contribution in [0.25, 0.3) is 11.6 Å². The Bertz CT molecular complexity index is 573.